The van der Waals surface area contributed by atoms with E-state index < -0.39 is 23.7 Å². The number of esters is 1. The van der Waals surface area contributed by atoms with E-state index in [1.54, 1.807) is 55.5 Å². The number of hydrogen-bond acceptors (Lipinski definition) is 4. The van der Waals surface area contributed by atoms with Gasteiger partial charge in [-0.1, -0.05) is 55.1 Å². The zero-order valence-corrected chi connectivity index (χ0v) is 15.1. The molecule has 5 nitrogen and oxygen atoms in total. The largest absolute Gasteiger partial charge is 0.466 e. The van der Waals surface area contributed by atoms with Crippen LogP contribution in [0.2, 0.25) is 0 Å². The van der Waals surface area contributed by atoms with Crippen molar-refractivity contribution >= 4 is 23.5 Å². The average Bonchev–Trinajstić information content (AvgIpc) is 2.92. The van der Waals surface area contributed by atoms with Crippen molar-refractivity contribution < 1.29 is 19.1 Å². The second-order valence-corrected chi connectivity index (χ2v) is 6.18. The van der Waals surface area contributed by atoms with Crippen LogP contribution in [0.4, 0.5) is 5.69 Å². The first-order valence-electron chi connectivity index (χ1n) is 8.44. The Bertz CT molecular complexity index is 945. The fourth-order valence-corrected chi connectivity index (χ4v) is 3.24. The Balaban J connectivity index is 2.12. The maximum absolute atomic E-state index is 13.2. The summed E-state index contributed by atoms with van der Waals surface area (Å²) in [6.07, 6.45) is 0. The minimum atomic E-state index is -0.760. The molecule has 0 N–H and O–H groups in total. The Morgan fingerprint density at radius 1 is 0.963 bits per heavy atom. The second-order valence-electron chi connectivity index (χ2n) is 6.18. The number of benzene rings is 2. The van der Waals surface area contributed by atoms with Crippen LogP contribution < -0.4 is 4.90 Å². The standard InChI is InChI=1S/C22H19NO4/c1-14-19(21(25)23(20(14)24)17-12-8-5-9-13-17)18(15(2)22(26)27-3)16-10-6-4-7-11-16/h4-13,18H,2H2,1,3H3/t18-/m0/s1. The van der Waals surface area contributed by atoms with Gasteiger partial charge in [0.2, 0.25) is 0 Å². The van der Waals surface area contributed by atoms with E-state index >= 15 is 0 Å². The van der Waals surface area contributed by atoms with Gasteiger partial charge in [-0.25, -0.2) is 9.69 Å². The van der Waals surface area contributed by atoms with Crippen LogP contribution in [-0.2, 0) is 19.1 Å². The summed E-state index contributed by atoms with van der Waals surface area (Å²) in [7, 11) is 1.26. The third-order valence-corrected chi connectivity index (χ3v) is 4.59. The van der Waals surface area contributed by atoms with Crippen molar-refractivity contribution in [1.29, 1.82) is 0 Å². The molecule has 0 aliphatic carbocycles. The Morgan fingerprint density at radius 2 is 1.52 bits per heavy atom. The summed E-state index contributed by atoms with van der Waals surface area (Å²) in [4.78, 5) is 39.3. The Kier molecular flexibility index (Phi) is 5.03. The smallest absolute Gasteiger partial charge is 0.334 e. The van der Waals surface area contributed by atoms with Crippen LogP contribution in [0.1, 0.15) is 18.4 Å². The van der Waals surface area contributed by atoms with Crippen molar-refractivity contribution in [3.05, 3.63) is 89.5 Å². The first-order chi connectivity index (χ1) is 13.0. The van der Waals surface area contributed by atoms with Crippen molar-refractivity contribution in [1.82, 2.24) is 0 Å². The summed E-state index contributed by atoms with van der Waals surface area (Å²) in [5, 5.41) is 0. The van der Waals surface area contributed by atoms with Crippen molar-refractivity contribution in [3.63, 3.8) is 0 Å². The number of rotatable bonds is 5. The molecular formula is C22H19NO4. The molecule has 0 fully saturated rings. The number of amides is 2. The third kappa shape index (κ3) is 3.19. The topological polar surface area (TPSA) is 63.7 Å². The molecule has 2 aromatic carbocycles. The van der Waals surface area contributed by atoms with E-state index in [1.165, 1.54) is 7.11 Å². The number of carbonyl (C=O) groups excluding carboxylic acids is 3. The lowest BCUT2D eigenvalue weighted by atomic mass is 9.83. The SMILES string of the molecule is C=C(C(=O)OC)[C@H](C1=C(C)C(=O)N(c2ccccc2)C1=O)c1ccccc1. The van der Waals surface area contributed by atoms with E-state index in [0.717, 1.165) is 4.90 Å². The number of methoxy groups -OCH3 is 1. The van der Waals surface area contributed by atoms with Crippen LogP contribution in [-0.4, -0.2) is 24.9 Å². The summed E-state index contributed by atoms with van der Waals surface area (Å²) >= 11 is 0. The maximum Gasteiger partial charge on any atom is 0.334 e. The molecule has 5 heteroatoms. The van der Waals surface area contributed by atoms with E-state index in [4.69, 9.17) is 4.74 Å². The van der Waals surface area contributed by atoms with Gasteiger partial charge in [-0.2, -0.15) is 0 Å². The maximum atomic E-state index is 13.2. The van der Waals surface area contributed by atoms with E-state index in [9.17, 15) is 14.4 Å². The molecule has 1 atom stereocenters. The summed E-state index contributed by atoms with van der Waals surface area (Å²) in [5.41, 5.74) is 1.82. The lowest BCUT2D eigenvalue weighted by molar-refractivity contribution is -0.136. The molecule has 0 unspecified atom stereocenters. The molecule has 27 heavy (non-hydrogen) atoms. The number of nitrogens with zero attached hydrogens (tertiary/aromatic N) is 1. The zero-order valence-electron chi connectivity index (χ0n) is 15.1. The highest BCUT2D eigenvalue weighted by Crippen LogP contribution is 2.39. The minimum Gasteiger partial charge on any atom is -0.466 e. The summed E-state index contributed by atoms with van der Waals surface area (Å²) in [5.74, 6) is -2.24. The van der Waals surface area contributed by atoms with Crippen LogP contribution in [0.5, 0.6) is 0 Å². The lowest BCUT2D eigenvalue weighted by Crippen LogP contribution is -2.32. The van der Waals surface area contributed by atoms with Gasteiger partial charge >= 0.3 is 5.97 Å². The molecular weight excluding hydrogens is 342 g/mol. The second kappa shape index (κ2) is 7.41. The number of hydrogen-bond donors (Lipinski definition) is 0. The highest BCUT2D eigenvalue weighted by Gasteiger charge is 2.42. The molecule has 0 saturated carbocycles. The predicted octanol–water partition coefficient (Wildman–Crippen LogP) is 3.39. The van der Waals surface area contributed by atoms with Gasteiger partial charge in [0.05, 0.1) is 12.8 Å². The highest BCUT2D eigenvalue weighted by atomic mass is 16.5. The first kappa shape index (κ1) is 18.3. The quantitative estimate of drug-likeness (QED) is 0.465. The van der Waals surface area contributed by atoms with E-state index in [0.29, 0.717) is 16.8 Å². The van der Waals surface area contributed by atoms with Crippen molar-refractivity contribution in [3.8, 4) is 0 Å². The zero-order chi connectivity index (χ0) is 19.6. The number of carbonyl (C=O) groups is 3. The van der Waals surface area contributed by atoms with Gasteiger partial charge in [0.15, 0.2) is 0 Å². The van der Waals surface area contributed by atoms with Gasteiger partial charge < -0.3 is 4.74 Å². The van der Waals surface area contributed by atoms with Crippen molar-refractivity contribution in [2.24, 2.45) is 0 Å². The Hall–Kier alpha value is -3.47. The fraction of sp³-hybridized carbons (Fsp3) is 0.136. The molecule has 0 saturated heterocycles. The first-order valence-corrected chi connectivity index (χ1v) is 8.44. The summed E-state index contributed by atoms with van der Waals surface area (Å²) in [6.45, 7) is 5.44. The van der Waals surface area contributed by atoms with Crippen LogP contribution in [0.15, 0.2) is 84.0 Å². The van der Waals surface area contributed by atoms with Crippen LogP contribution in [0, 0.1) is 0 Å². The fourth-order valence-electron chi connectivity index (χ4n) is 3.24. The monoisotopic (exact) mass is 361 g/mol. The number of para-hydroxylation sites is 1. The summed E-state index contributed by atoms with van der Waals surface area (Å²) in [6, 6.07) is 17.7. The van der Waals surface area contributed by atoms with Gasteiger partial charge in [0, 0.05) is 22.6 Å². The van der Waals surface area contributed by atoms with Gasteiger partial charge in [-0.05, 0) is 24.6 Å². The Morgan fingerprint density at radius 3 is 2.07 bits per heavy atom. The van der Waals surface area contributed by atoms with Crippen LogP contribution >= 0.6 is 0 Å². The highest BCUT2D eigenvalue weighted by molar-refractivity contribution is 6.33. The molecule has 0 radical (unpaired) electrons. The van der Waals surface area contributed by atoms with E-state index in [2.05, 4.69) is 6.58 Å². The summed E-state index contributed by atoms with van der Waals surface area (Å²) < 4.78 is 4.81. The van der Waals surface area contributed by atoms with Gasteiger partial charge in [0.25, 0.3) is 11.8 Å². The number of imide groups is 1. The van der Waals surface area contributed by atoms with Gasteiger partial charge in [-0.3, -0.25) is 9.59 Å². The third-order valence-electron chi connectivity index (χ3n) is 4.59. The number of anilines is 1. The molecule has 136 valence electrons. The Labute approximate surface area is 157 Å². The molecule has 2 amide bonds. The predicted molar refractivity (Wildman–Crippen MR) is 102 cm³/mol. The molecule has 0 spiro atoms. The number of ether oxygens (including phenoxy) is 1. The van der Waals surface area contributed by atoms with Gasteiger partial charge in [0.1, 0.15) is 0 Å². The van der Waals surface area contributed by atoms with Crippen LogP contribution in [0.25, 0.3) is 0 Å². The lowest BCUT2D eigenvalue weighted by Gasteiger charge is -2.21. The van der Waals surface area contributed by atoms with E-state index in [1.807, 2.05) is 12.1 Å². The van der Waals surface area contributed by atoms with Crippen LogP contribution in [0.3, 0.4) is 0 Å². The van der Waals surface area contributed by atoms with Crippen molar-refractivity contribution in [2.45, 2.75) is 12.8 Å². The molecule has 3 rings (SSSR count). The minimum absolute atomic E-state index is 0.106. The molecule has 0 bridgehead atoms. The molecule has 2 aromatic rings. The van der Waals surface area contributed by atoms with Crippen molar-refractivity contribution in [2.75, 3.05) is 12.0 Å². The van der Waals surface area contributed by atoms with Gasteiger partial charge in [-0.15, -0.1) is 0 Å². The van der Waals surface area contributed by atoms with E-state index in [-0.39, 0.29) is 11.1 Å². The normalized spacial score (nSPS) is 15.1. The molecule has 0 aromatic heterocycles. The molecule has 1 aliphatic heterocycles. The molecule has 1 aliphatic rings. The average molecular weight is 361 g/mol. The molecule has 1 heterocycles.